The van der Waals surface area contributed by atoms with Gasteiger partial charge in [-0.25, -0.2) is 0 Å². The summed E-state index contributed by atoms with van der Waals surface area (Å²) >= 11 is 6.00. The molecule has 2 nitrogen and oxygen atoms in total. The van der Waals surface area contributed by atoms with Crippen LogP contribution in [0.25, 0.3) is 0 Å². The Bertz CT molecular complexity index is 365. The van der Waals surface area contributed by atoms with Gasteiger partial charge < -0.3 is 9.84 Å². The van der Waals surface area contributed by atoms with Gasteiger partial charge in [-0.2, -0.15) is 0 Å². The van der Waals surface area contributed by atoms with Gasteiger partial charge in [-0.3, -0.25) is 0 Å². The zero-order valence-electron chi connectivity index (χ0n) is 9.45. The lowest BCUT2D eigenvalue weighted by molar-refractivity contribution is 0.105. The fourth-order valence-electron chi connectivity index (χ4n) is 2.47. The van der Waals surface area contributed by atoms with Crippen LogP contribution in [-0.4, -0.2) is 18.3 Å². The third-order valence-corrected chi connectivity index (χ3v) is 3.56. The second kappa shape index (κ2) is 5.07. The molecule has 1 saturated carbocycles. The maximum atomic E-state index is 10.0. The van der Waals surface area contributed by atoms with Gasteiger partial charge in [0.1, 0.15) is 5.75 Å². The van der Waals surface area contributed by atoms with Crippen LogP contribution < -0.4 is 4.74 Å². The molecule has 1 aromatic rings. The van der Waals surface area contributed by atoms with E-state index in [1.54, 1.807) is 7.11 Å². The molecule has 0 radical (unpaired) electrons. The van der Waals surface area contributed by atoms with Crippen molar-refractivity contribution in [3.05, 3.63) is 28.8 Å². The summed E-state index contributed by atoms with van der Waals surface area (Å²) in [4.78, 5) is 0. The molecule has 0 saturated heterocycles. The van der Waals surface area contributed by atoms with E-state index in [2.05, 4.69) is 0 Å². The van der Waals surface area contributed by atoms with Crippen LogP contribution in [0.4, 0.5) is 0 Å². The molecule has 88 valence electrons. The summed E-state index contributed by atoms with van der Waals surface area (Å²) < 4.78 is 5.33. The van der Waals surface area contributed by atoms with E-state index in [1.165, 1.54) is 0 Å². The largest absolute Gasteiger partial charge is 0.496 e. The minimum absolute atomic E-state index is 0.169. The molecule has 3 heteroatoms. The molecule has 1 N–H and O–H groups in total. The number of aliphatic hydroxyl groups excluding tert-OH is 1. The molecule has 0 aliphatic heterocycles. The summed E-state index contributed by atoms with van der Waals surface area (Å²) in [5.74, 6) is 0.998. The summed E-state index contributed by atoms with van der Waals surface area (Å²) in [5, 5.41) is 10.7. The molecule has 0 unspecified atom stereocenters. The first-order valence-electron chi connectivity index (χ1n) is 5.74. The Kier molecular flexibility index (Phi) is 3.72. The quantitative estimate of drug-likeness (QED) is 0.859. The lowest BCUT2D eigenvalue weighted by Crippen LogP contribution is -2.22. The van der Waals surface area contributed by atoms with Crippen LogP contribution in [0, 0.1) is 0 Å². The van der Waals surface area contributed by atoms with Crippen molar-refractivity contribution >= 4 is 11.6 Å². The van der Waals surface area contributed by atoms with Gasteiger partial charge >= 0.3 is 0 Å². The third-order valence-electron chi connectivity index (χ3n) is 3.32. The first-order chi connectivity index (χ1) is 7.72. The van der Waals surface area contributed by atoms with Crippen molar-refractivity contribution in [1.82, 2.24) is 0 Å². The number of hydrogen-bond acceptors (Lipinski definition) is 2. The lowest BCUT2D eigenvalue weighted by Gasteiger charge is -2.29. The predicted octanol–water partition coefficient (Wildman–Crippen LogP) is 3.37. The van der Waals surface area contributed by atoms with Gasteiger partial charge in [-0.05, 0) is 31.0 Å². The topological polar surface area (TPSA) is 29.5 Å². The molecular weight excluding hydrogens is 224 g/mol. The summed E-state index contributed by atoms with van der Waals surface area (Å²) in [5.41, 5.74) is 1.04. The highest BCUT2D eigenvalue weighted by atomic mass is 35.5. The van der Waals surface area contributed by atoms with Gasteiger partial charge in [0.05, 0.1) is 13.2 Å². The standard InChI is InChI=1S/C13H17ClO2/c1-16-13-7-6-9(14)8-11(13)10-4-2-3-5-12(10)15/h6-8,10,12,15H,2-5H2,1H3/t10-,12+/m1/s1. The zero-order chi connectivity index (χ0) is 11.5. The highest BCUT2D eigenvalue weighted by Crippen LogP contribution is 2.38. The lowest BCUT2D eigenvalue weighted by atomic mass is 9.81. The van der Waals surface area contributed by atoms with E-state index < -0.39 is 0 Å². The van der Waals surface area contributed by atoms with Crippen molar-refractivity contribution in [2.75, 3.05) is 7.11 Å². The van der Waals surface area contributed by atoms with E-state index >= 15 is 0 Å². The molecule has 2 rings (SSSR count). The Morgan fingerprint density at radius 2 is 2.06 bits per heavy atom. The third kappa shape index (κ3) is 2.33. The number of rotatable bonds is 2. The van der Waals surface area contributed by atoms with E-state index in [0.29, 0.717) is 5.02 Å². The van der Waals surface area contributed by atoms with Gasteiger partial charge in [0.25, 0.3) is 0 Å². The van der Waals surface area contributed by atoms with Crippen LogP contribution in [0.1, 0.15) is 37.2 Å². The van der Waals surface area contributed by atoms with Crippen LogP contribution in [0.3, 0.4) is 0 Å². The Labute approximate surface area is 101 Å². The summed E-state index contributed by atoms with van der Waals surface area (Å²) in [6.45, 7) is 0. The Morgan fingerprint density at radius 3 is 2.75 bits per heavy atom. The molecule has 1 aliphatic rings. The van der Waals surface area contributed by atoms with Gasteiger partial charge in [-0.15, -0.1) is 0 Å². The van der Waals surface area contributed by atoms with Gasteiger partial charge in [0.15, 0.2) is 0 Å². The first-order valence-corrected chi connectivity index (χ1v) is 6.11. The molecule has 0 spiro atoms. The predicted molar refractivity (Wildman–Crippen MR) is 65.2 cm³/mol. The van der Waals surface area contributed by atoms with Crippen molar-refractivity contribution in [3.63, 3.8) is 0 Å². The highest BCUT2D eigenvalue weighted by molar-refractivity contribution is 6.30. The Balaban J connectivity index is 2.33. The highest BCUT2D eigenvalue weighted by Gasteiger charge is 2.27. The fourth-order valence-corrected chi connectivity index (χ4v) is 2.65. The average molecular weight is 241 g/mol. The van der Waals surface area contributed by atoms with Crippen LogP contribution in [0.2, 0.25) is 5.02 Å². The summed E-state index contributed by atoms with van der Waals surface area (Å²) in [7, 11) is 1.65. The number of benzene rings is 1. The van der Waals surface area contributed by atoms with E-state index in [0.717, 1.165) is 37.0 Å². The van der Waals surface area contributed by atoms with E-state index in [1.807, 2.05) is 18.2 Å². The molecule has 0 heterocycles. The second-order valence-electron chi connectivity index (χ2n) is 4.34. The van der Waals surface area contributed by atoms with Crippen molar-refractivity contribution in [1.29, 1.82) is 0 Å². The van der Waals surface area contributed by atoms with Crippen molar-refractivity contribution in [2.45, 2.75) is 37.7 Å². The van der Waals surface area contributed by atoms with Gasteiger partial charge in [0, 0.05) is 16.5 Å². The van der Waals surface area contributed by atoms with Crippen LogP contribution >= 0.6 is 11.6 Å². The smallest absolute Gasteiger partial charge is 0.122 e. The van der Waals surface area contributed by atoms with Gasteiger partial charge in [-0.1, -0.05) is 24.4 Å². The molecule has 1 aromatic carbocycles. The fraction of sp³-hybridized carbons (Fsp3) is 0.538. The van der Waals surface area contributed by atoms with Crippen molar-refractivity contribution in [3.8, 4) is 5.75 Å². The SMILES string of the molecule is COc1ccc(Cl)cc1[C@H]1CCCC[C@@H]1O. The van der Waals surface area contributed by atoms with Gasteiger partial charge in [0.2, 0.25) is 0 Å². The molecule has 16 heavy (non-hydrogen) atoms. The van der Waals surface area contributed by atoms with Crippen LogP contribution in [0.5, 0.6) is 5.75 Å². The molecular formula is C13H17ClO2. The molecule has 0 aromatic heterocycles. The van der Waals surface area contributed by atoms with E-state index in [9.17, 15) is 5.11 Å². The molecule has 0 amide bonds. The number of halogens is 1. The molecule has 1 fully saturated rings. The van der Waals surface area contributed by atoms with Crippen LogP contribution in [-0.2, 0) is 0 Å². The number of hydrogen-bond donors (Lipinski definition) is 1. The normalized spacial score (nSPS) is 25.4. The summed E-state index contributed by atoms with van der Waals surface area (Å²) in [6.07, 6.45) is 3.90. The van der Waals surface area contributed by atoms with E-state index in [4.69, 9.17) is 16.3 Å². The maximum Gasteiger partial charge on any atom is 0.122 e. The van der Waals surface area contributed by atoms with Crippen molar-refractivity contribution < 1.29 is 9.84 Å². The maximum absolute atomic E-state index is 10.0. The Morgan fingerprint density at radius 1 is 1.31 bits per heavy atom. The van der Waals surface area contributed by atoms with E-state index in [-0.39, 0.29) is 12.0 Å². The number of methoxy groups -OCH3 is 1. The molecule has 0 bridgehead atoms. The minimum atomic E-state index is -0.263. The summed E-state index contributed by atoms with van der Waals surface area (Å²) in [6, 6.07) is 5.61. The average Bonchev–Trinajstić information content (AvgIpc) is 2.29. The molecule has 2 atom stereocenters. The minimum Gasteiger partial charge on any atom is -0.496 e. The monoisotopic (exact) mass is 240 g/mol. The molecule has 1 aliphatic carbocycles. The Hall–Kier alpha value is -0.730. The number of ether oxygens (including phenoxy) is 1. The number of aliphatic hydroxyl groups is 1. The van der Waals surface area contributed by atoms with Crippen molar-refractivity contribution in [2.24, 2.45) is 0 Å². The second-order valence-corrected chi connectivity index (χ2v) is 4.78. The zero-order valence-corrected chi connectivity index (χ0v) is 10.2. The van der Waals surface area contributed by atoms with Crippen LogP contribution in [0.15, 0.2) is 18.2 Å². The first kappa shape index (κ1) is 11.7.